The van der Waals surface area contributed by atoms with E-state index in [9.17, 15) is 8.42 Å². The van der Waals surface area contributed by atoms with Gasteiger partial charge in [-0.2, -0.15) is 4.98 Å². The minimum atomic E-state index is -3.85. The minimum Gasteiger partial charge on any atom is -0.459 e. The number of nitrogens with one attached hydrogen (secondary N) is 1. The third-order valence-electron chi connectivity index (χ3n) is 3.11. The van der Waals surface area contributed by atoms with E-state index in [-0.39, 0.29) is 21.7 Å². The van der Waals surface area contributed by atoms with Gasteiger partial charge in [0.2, 0.25) is 20.7 Å². The Hall–Kier alpha value is -2.32. The normalized spacial score (nSPS) is 11.4. The van der Waals surface area contributed by atoms with E-state index < -0.39 is 9.84 Å². The Bertz CT molecular complexity index is 945. The first-order chi connectivity index (χ1) is 11.5. The van der Waals surface area contributed by atoms with Crippen LogP contribution in [0, 0.1) is 0 Å². The van der Waals surface area contributed by atoms with Crippen molar-refractivity contribution in [3.05, 3.63) is 59.8 Å². The van der Waals surface area contributed by atoms with Crippen LogP contribution in [0.4, 0.5) is 5.88 Å². The topological polar surface area (TPSA) is 85.3 Å². The van der Waals surface area contributed by atoms with Gasteiger partial charge < -0.3 is 14.2 Å². The molecule has 0 saturated heterocycles. The highest BCUT2D eigenvalue weighted by atomic mass is 79.9. The van der Waals surface area contributed by atoms with E-state index in [0.29, 0.717) is 12.3 Å². The molecule has 6 nitrogen and oxygen atoms in total. The van der Waals surface area contributed by atoms with Crippen molar-refractivity contribution < 1.29 is 17.3 Å². The zero-order valence-electron chi connectivity index (χ0n) is 12.4. The van der Waals surface area contributed by atoms with E-state index in [1.54, 1.807) is 30.3 Å². The summed E-state index contributed by atoms with van der Waals surface area (Å²) in [6.07, 6.45) is 3.05. The molecule has 0 aliphatic carbocycles. The predicted molar refractivity (Wildman–Crippen MR) is 92.5 cm³/mol. The van der Waals surface area contributed by atoms with Gasteiger partial charge in [-0.3, -0.25) is 0 Å². The van der Waals surface area contributed by atoms with Gasteiger partial charge in [-0.05, 0) is 36.4 Å². The standard InChI is InChI=1S/C16H13BrN2O4S/c1-2-9-18-15-16(19-14(23-15)13-4-3-10-22-13)24(20,21)12-7-5-11(17)6-8-12/h2-8,10,18H,1,9H2. The molecule has 3 aromatic rings. The van der Waals surface area contributed by atoms with Crippen LogP contribution in [0.2, 0.25) is 0 Å². The molecule has 1 N–H and O–H groups in total. The predicted octanol–water partition coefficient (Wildman–Crippen LogP) is 4.13. The second kappa shape index (κ2) is 6.66. The second-order valence-electron chi connectivity index (χ2n) is 4.76. The maximum absolute atomic E-state index is 12.9. The van der Waals surface area contributed by atoms with E-state index in [4.69, 9.17) is 8.83 Å². The smallest absolute Gasteiger partial charge is 0.266 e. The van der Waals surface area contributed by atoms with Gasteiger partial charge in [-0.1, -0.05) is 22.0 Å². The largest absolute Gasteiger partial charge is 0.459 e. The van der Waals surface area contributed by atoms with Crippen LogP contribution in [0.5, 0.6) is 0 Å². The number of aromatic nitrogens is 1. The molecule has 0 radical (unpaired) electrons. The minimum absolute atomic E-state index is 0.0456. The number of hydrogen-bond donors (Lipinski definition) is 1. The fraction of sp³-hybridized carbons (Fsp3) is 0.0625. The Morgan fingerprint density at radius 1 is 1.25 bits per heavy atom. The average molecular weight is 409 g/mol. The van der Waals surface area contributed by atoms with E-state index in [0.717, 1.165) is 4.47 Å². The molecule has 0 fully saturated rings. The molecule has 0 atom stereocenters. The Balaban J connectivity index is 2.10. The number of rotatable bonds is 6. The lowest BCUT2D eigenvalue weighted by Crippen LogP contribution is -2.07. The van der Waals surface area contributed by atoms with E-state index >= 15 is 0 Å². The number of anilines is 1. The number of oxazole rings is 1. The molecule has 24 heavy (non-hydrogen) atoms. The number of nitrogens with zero attached hydrogens (tertiary/aromatic N) is 1. The first-order valence-electron chi connectivity index (χ1n) is 6.92. The molecule has 3 rings (SSSR count). The number of furan rings is 1. The lowest BCUT2D eigenvalue weighted by atomic mass is 10.4. The molecule has 2 heterocycles. The lowest BCUT2D eigenvalue weighted by Gasteiger charge is -2.04. The number of sulfone groups is 1. The molecule has 2 aromatic heterocycles. The monoisotopic (exact) mass is 408 g/mol. The van der Waals surface area contributed by atoms with Crippen LogP contribution in [0.3, 0.4) is 0 Å². The van der Waals surface area contributed by atoms with Crippen LogP contribution < -0.4 is 5.32 Å². The molecule has 0 unspecified atom stereocenters. The van der Waals surface area contributed by atoms with Crippen molar-refractivity contribution in [2.45, 2.75) is 9.92 Å². The van der Waals surface area contributed by atoms with Gasteiger partial charge in [0.25, 0.3) is 5.89 Å². The van der Waals surface area contributed by atoms with Crippen LogP contribution >= 0.6 is 15.9 Å². The van der Waals surface area contributed by atoms with Crippen LogP contribution in [0.15, 0.2) is 78.5 Å². The second-order valence-corrected chi connectivity index (χ2v) is 7.54. The zero-order chi connectivity index (χ0) is 17.2. The van der Waals surface area contributed by atoms with Crippen molar-refractivity contribution in [3.63, 3.8) is 0 Å². The van der Waals surface area contributed by atoms with Gasteiger partial charge in [0, 0.05) is 11.0 Å². The molecule has 0 aliphatic rings. The van der Waals surface area contributed by atoms with Gasteiger partial charge in [0.15, 0.2) is 5.76 Å². The molecular formula is C16H13BrN2O4S. The first-order valence-corrected chi connectivity index (χ1v) is 9.20. The van der Waals surface area contributed by atoms with Gasteiger partial charge in [0.1, 0.15) is 0 Å². The summed E-state index contributed by atoms with van der Waals surface area (Å²) in [6.45, 7) is 3.92. The number of benzene rings is 1. The van der Waals surface area contributed by atoms with Crippen LogP contribution in [0.1, 0.15) is 0 Å². The first kappa shape index (κ1) is 16.5. The molecule has 8 heteroatoms. The molecule has 0 saturated carbocycles. The van der Waals surface area contributed by atoms with Crippen LogP contribution in [-0.4, -0.2) is 19.9 Å². The van der Waals surface area contributed by atoms with E-state index in [1.807, 2.05) is 0 Å². The summed E-state index contributed by atoms with van der Waals surface area (Å²) in [5.41, 5.74) is 0. The van der Waals surface area contributed by atoms with Crippen molar-refractivity contribution >= 4 is 31.7 Å². The summed E-state index contributed by atoms with van der Waals surface area (Å²) in [5.74, 6) is 0.473. The average Bonchev–Trinajstić information content (AvgIpc) is 3.22. The summed E-state index contributed by atoms with van der Waals surface area (Å²) < 4.78 is 37.3. The van der Waals surface area contributed by atoms with Crippen LogP contribution in [-0.2, 0) is 9.84 Å². The van der Waals surface area contributed by atoms with Crippen LogP contribution in [0.25, 0.3) is 11.7 Å². The summed E-state index contributed by atoms with van der Waals surface area (Å²) in [7, 11) is -3.85. The maximum Gasteiger partial charge on any atom is 0.266 e. The van der Waals surface area contributed by atoms with E-state index in [2.05, 4.69) is 32.8 Å². The molecule has 0 aliphatic heterocycles. The SMILES string of the molecule is C=CCNc1oc(-c2ccco2)nc1S(=O)(=O)c1ccc(Br)cc1. The van der Waals surface area contributed by atoms with Crippen molar-refractivity contribution in [2.75, 3.05) is 11.9 Å². The number of halogens is 1. The number of hydrogen-bond acceptors (Lipinski definition) is 6. The Labute approximate surface area is 147 Å². The van der Waals surface area contributed by atoms with Gasteiger partial charge >= 0.3 is 0 Å². The fourth-order valence-corrected chi connectivity index (χ4v) is 3.54. The van der Waals surface area contributed by atoms with Gasteiger partial charge in [-0.15, -0.1) is 6.58 Å². The Morgan fingerprint density at radius 2 is 2.00 bits per heavy atom. The van der Waals surface area contributed by atoms with Gasteiger partial charge in [0.05, 0.1) is 11.2 Å². The molecule has 0 bridgehead atoms. The van der Waals surface area contributed by atoms with Crippen molar-refractivity contribution in [3.8, 4) is 11.7 Å². The molecule has 0 amide bonds. The molecule has 0 spiro atoms. The third kappa shape index (κ3) is 3.15. The lowest BCUT2D eigenvalue weighted by molar-refractivity contribution is 0.523. The molecular weight excluding hydrogens is 396 g/mol. The molecule has 124 valence electrons. The fourth-order valence-electron chi connectivity index (χ4n) is 2.00. The van der Waals surface area contributed by atoms with E-state index in [1.165, 1.54) is 18.4 Å². The Morgan fingerprint density at radius 3 is 2.62 bits per heavy atom. The highest BCUT2D eigenvalue weighted by Gasteiger charge is 2.28. The summed E-state index contributed by atoms with van der Waals surface area (Å²) >= 11 is 3.28. The summed E-state index contributed by atoms with van der Waals surface area (Å²) in [4.78, 5) is 4.24. The maximum atomic E-state index is 12.9. The zero-order valence-corrected chi connectivity index (χ0v) is 14.8. The third-order valence-corrected chi connectivity index (χ3v) is 5.32. The van der Waals surface area contributed by atoms with Gasteiger partial charge in [-0.25, -0.2) is 8.42 Å². The summed E-state index contributed by atoms with van der Waals surface area (Å²) in [5, 5.41) is 2.66. The van der Waals surface area contributed by atoms with Crippen molar-refractivity contribution in [1.82, 2.24) is 4.98 Å². The summed E-state index contributed by atoms with van der Waals surface area (Å²) in [6, 6.07) is 9.60. The highest BCUT2D eigenvalue weighted by molar-refractivity contribution is 9.10. The highest BCUT2D eigenvalue weighted by Crippen LogP contribution is 2.32. The van der Waals surface area contributed by atoms with Crippen molar-refractivity contribution in [2.24, 2.45) is 0 Å². The quantitative estimate of drug-likeness (QED) is 0.617. The molecule has 1 aromatic carbocycles. The Kier molecular flexibility index (Phi) is 4.59. The van der Waals surface area contributed by atoms with Crippen molar-refractivity contribution in [1.29, 1.82) is 0 Å².